The Kier molecular flexibility index (Phi) is 3.02. The fraction of sp³-hybridized carbons (Fsp3) is 0.250. The molecule has 0 aliphatic heterocycles. The summed E-state index contributed by atoms with van der Waals surface area (Å²) in [4.78, 5) is 0. The Morgan fingerprint density at radius 2 is 1.96 bits per heavy atom. The molecule has 114 valence electrons. The Morgan fingerprint density at radius 1 is 1.17 bits per heavy atom. The number of aryl methyl sites for hydroxylation is 1. The molecule has 0 bridgehead atoms. The van der Waals surface area contributed by atoms with Crippen LogP contribution >= 0.6 is 0 Å². The zero-order valence-electron chi connectivity index (χ0n) is 13.2. The van der Waals surface area contributed by atoms with Crippen molar-refractivity contribution in [3.63, 3.8) is 0 Å². The molecule has 2 aromatic carbocycles. The minimum Gasteiger partial charge on any atom is -0.312 e. The number of rotatable bonds is 2. The Hall–Kier alpha value is -2.60. The minimum atomic E-state index is -0.203. The molecule has 0 unspecified atom stereocenters. The first-order valence-electron chi connectivity index (χ1n) is 7.92. The Labute approximate surface area is 134 Å². The lowest BCUT2D eigenvalue weighted by molar-refractivity contribution is 0.618. The van der Waals surface area contributed by atoms with Crippen LogP contribution in [0.1, 0.15) is 41.1 Å². The number of aromatic nitrogens is 1. The lowest BCUT2D eigenvalue weighted by Gasteiger charge is -2.12. The van der Waals surface area contributed by atoms with Crippen LogP contribution in [0.5, 0.6) is 0 Å². The average molecular weight is 304 g/mol. The van der Waals surface area contributed by atoms with Crippen molar-refractivity contribution in [2.24, 2.45) is 0 Å². The quantitative estimate of drug-likeness (QED) is 0.644. The number of fused-ring (bicyclic) bond motifs is 1. The molecule has 0 amide bonds. The number of hydrogen-bond acceptors (Lipinski definition) is 1. The molecular formula is C20H17FN2. The molecule has 1 fully saturated rings. The third kappa shape index (κ3) is 2.06. The van der Waals surface area contributed by atoms with Gasteiger partial charge >= 0.3 is 0 Å². The maximum Gasteiger partial charge on any atom is 0.126 e. The molecule has 0 radical (unpaired) electrons. The summed E-state index contributed by atoms with van der Waals surface area (Å²) in [5, 5.41) is 10.6. The molecule has 0 atom stereocenters. The normalized spacial score (nSPS) is 14.2. The fourth-order valence-corrected chi connectivity index (χ4v) is 3.44. The lowest BCUT2D eigenvalue weighted by atomic mass is 10.1. The van der Waals surface area contributed by atoms with Crippen LogP contribution in [0.3, 0.4) is 0 Å². The number of benzene rings is 2. The van der Waals surface area contributed by atoms with Gasteiger partial charge in [-0.3, -0.25) is 0 Å². The monoisotopic (exact) mass is 304 g/mol. The molecule has 3 heteroatoms. The van der Waals surface area contributed by atoms with E-state index in [9.17, 15) is 9.65 Å². The number of hydrogen-bond donors (Lipinski definition) is 0. The van der Waals surface area contributed by atoms with E-state index in [1.165, 1.54) is 24.5 Å². The van der Waals surface area contributed by atoms with Crippen molar-refractivity contribution in [3.05, 3.63) is 64.6 Å². The van der Waals surface area contributed by atoms with Crippen molar-refractivity contribution in [2.75, 3.05) is 0 Å². The van der Waals surface area contributed by atoms with Crippen molar-refractivity contribution >= 4 is 10.9 Å². The van der Waals surface area contributed by atoms with Crippen molar-refractivity contribution in [2.45, 2.75) is 32.6 Å². The minimum absolute atomic E-state index is 0.203. The summed E-state index contributed by atoms with van der Waals surface area (Å²) < 4.78 is 15.8. The Balaban J connectivity index is 2.11. The van der Waals surface area contributed by atoms with Crippen molar-refractivity contribution < 1.29 is 4.39 Å². The summed E-state index contributed by atoms with van der Waals surface area (Å²) >= 11 is 0. The first kappa shape index (κ1) is 14.0. The number of halogens is 1. The highest BCUT2D eigenvalue weighted by Crippen LogP contribution is 2.45. The predicted octanol–water partition coefficient (Wildman–Crippen LogP) is 5.14. The lowest BCUT2D eigenvalue weighted by Crippen LogP contribution is -2.00. The molecule has 0 saturated heterocycles. The highest BCUT2D eigenvalue weighted by molar-refractivity contribution is 5.92. The van der Waals surface area contributed by atoms with Crippen molar-refractivity contribution in [3.8, 4) is 11.8 Å². The zero-order chi connectivity index (χ0) is 16.1. The van der Waals surface area contributed by atoms with E-state index in [4.69, 9.17) is 0 Å². The SMILES string of the molecule is Cc1cc(-n2c(C)c(C#N)c3cccc(C4CC4)c32)ccc1F. The summed E-state index contributed by atoms with van der Waals surface area (Å²) in [6.07, 6.45) is 2.40. The molecule has 1 aliphatic carbocycles. The summed E-state index contributed by atoms with van der Waals surface area (Å²) in [6, 6.07) is 13.7. The van der Waals surface area contributed by atoms with E-state index < -0.39 is 0 Å². The van der Waals surface area contributed by atoms with Crippen LogP contribution in [-0.4, -0.2) is 4.57 Å². The zero-order valence-corrected chi connectivity index (χ0v) is 13.2. The summed E-state index contributed by atoms with van der Waals surface area (Å²) in [7, 11) is 0. The van der Waals surface area contributed by atoms with Gasteiger partial charge in [0, 0.05) is 16.8 Å². The third-order valence-corrected chi connectivity index (χ3v) is 4.79. The van der Waals surface area contributed by atoms with E-state index in [1.807, 2.05) is 25.1 Å². The second-order valence-corrected chi connectivity index (χ2v) is 6.36. The van der Waals surface area contributed by atoms with Crippen LogP contribution in [0.2, 0.25) is 0 Å². The van der Waals surface area contributed by atoms with Crippen LogP contribution < -0.4 is 0 Å². The van der Waals surface area contributed by atoms with Gasteiger partial charge in [0.1, 0.15) is 11.9 Å². The van der Waals surface area contributed by atoms with Gasteiger partial charge in [0.2, 0.25) is 0 Å². The van der Waals surface area contributed by atoms with Gasteiger partial charge in [-0.15, -0.1) is 0 Å². The van der Waals surface area contributed by atoms with E-state index >= 15 is 0 Å². The highest BCUT2D eigenvalue weighted by atomic mass is 19.1. The number of nitrogens with zero attached hydrogens (tertiary/aromatic N) is 2. The average Bonchev–Trinajstić information content (AvgIpc) is 3.33. The van der Waals surface area contributed by atoms with Crippen molar-refractivity contribution in [1.82, 2.24) is 4.57 Å². The van der Waals surface area contributed by atoms with Gasteiger partial charge < -0.3 is 4.57 Å². The van der Waals surface area contributed by atoms with Crippen LogP contribution in [0.4, 0.5) is 4.39 Å². The van der Waals surface area contributed by atoms with Crippen LogP contribution in [0, 0.1) is 31.0 Å². The first-order valence-corrected chi connectivity index (χ1v) is 7.92. The molecule has 1 heterocycles. The van der Waals surface area contributed by atoms with E-state index in [2.05, 4.69) is 16.7 Å². The van der Waals surface area contributed by atoms with Crippen molar-refractivity contribution in [1.29, 1.82) is 5.26 Å². The van der Waals surface area contributed by atoms with Crippen LogP contribution in [0.25, 0.3) is 16.6 Å². The Morgan fingerprint density at radius 3 is 2.61 bits per heavy atom. The molecule has 1 aliphatic rings. The summed E-state index contributed by atoms with van der Waals surface area (Å²) in [5.74, 6) is 0.380. The van der Waals surface area contributed by atoms with Gasteiger partial charge in [-0.1, -0.05) is 18.2 Å². The predicted molar refractivity (Wildman–Crippen MR) is 89.4 cm³/mol. The third-order valence-electron chi connectivity index (χ3n) is 4.79. The topological polar surface area (TPSA) is 28.7 Å². The van der Waals surface area contributed by atoms with Crippen LogP contribution in [-0.2, 0) is 0 Å². The van der Waals surface area contributed by atoms with Gasteiger partial charge in [-0.2, -0.15) is 5.26 Å². The van der Waals surface area contributed by atoms with Gasteiger partial charge in [-0.05, 0) is 61.9 Å². The molecular weight excluding hydrogens is 287 g/mol. The second kappa shape index (κ2) is 4.96. The maximum absolute atomic E-state index is 13.7. The van der Waals surface area contributed by atoms with Crippen LogP contribution in [0.15, 0.2) is 36.4 Å². The second-order valence-electron chi connectivity index (χ2n) is 6.36. The first-order chi connectivity index (χ1) is 11.1. The summed E-state index contributed by atoms with van der Waals surface area (Å²) in [5.41, 5.74) is 5.57. The molecule has 2 nitrogen and oxygen atoms in total. The molecule has 3 aromatic rings. The van der Waals surface area contributed by atoms with E-state index in [0.29, 0.717) is 17.0 Å². The standard InChI is InChI=1S/C20H17FN2/c1-12-10-15(8-9-19(12)21)23-13(2)18(11-22)17-5-3-4-16(20(17)23)14-6-7-14/h3-5,8-10,14H,6-7H2,1-2H3. The smallest absolute Gasteiger partial charge is 0.126 e. The van der Waals surface area contributed by atoms with E-state index in [-0.39, 0.29) is 5.82 Å². The number of nitriles is 1. The van der Waals surface area contributed by atoms with E-state index in [0.717, 1.165) is 22.3 Å². The largest absolute Gasteiger partial charge is 0.312 e. The molecule has 4 rings (SSSR count). The number of para-hydroxylation sites is 1. The maximum atomic E-state index is 13.7. The Bertz CT molecular complexity index is 971. The molecule has 23 heavy (non-hydrogen) atoms. The van der Waals surface area contributed by atoms with Gasteiger partial charge in [-0.25, -0.2) is 4.39 Å². The molecule has 0 spiro atoms. The molecule has 0 N–H and O–H groups in total. The molecule has 1 saturated carbocycles. The fourth-order valence-electron chi connectivity index (χ4n) is 3.44. The summed E-state index contributed by atoms with van der Waals surface area (Å²) in [6.45, 7) is 3.74. The van der Waals surface area contributed by atoms with Gasteiger partial charge in [0.15, 0.2) is 0 Å². The molecule has 1 aromatic heterocycles. The van der Waals surface area contributed by atoms with Gasteiger partial charge in [0.25, 0.3) is 0 Å². The van der Waals surface area contributed by atoms with E-state index in [1.54, 1.807) is 13.0 Å². The van der Waals surface area contributed by atoms with Gasteiger partial charge in [0.05, 0.1) is 11.1 Å². The highest BCUT2D eigenvalue weighted by Gasteiger charge is 2.28.